The van der Waals surface area contributed by atoms with Gasteiger partial charge in [0.05, 0.1) is 17.2 Å². The fourth-order valence-corrected chi connectivity index (χ4v) is 2.81. The number of hydrogen-bond donors (Lipinski definition) is 0. The Kier molecular flexibility index (Phi) is 2.41. The lowest BCUT2D eigenvalue weighted by Gasteiger charge is -2.20. The molecule has 1 unspecified atom stereocenters. The van der Waals surface area contributed by atoms with Crippen LogP contribution >= 0.6 is 0 Å². The van der Waals surface area contributed by atoms with Crippen molar-refractivity contribution in [1.29, 1.82) is 5.26 Å². The van der Waals surface area contributed by atoms with Crippen molar-refractivity contribution in [2.45, 2.75) is 24.7 Å². The maximum Gasteiger partial charge on any atom is 0.0884 e. The second-order valence-electron chi connectivity index (χ2n) is 4.91. The first-order valence-electron chi connectivity index (χ1n) is 6.08. The summed E-state index contributed by atoms with van der Waals surface area (Å²) in [7, 11) is 1.85. The first-order chi connectivity index (χ1) is 8.73. The Balaban J connectivity index is 2.00. The van der Waals surface area contributed by atoms with Crippen LogP contribution in [0.15, 0.2) is 30.5 Å². The Labute approximate surface area is 106 Å². The molecule has 18 heavy (non-hydrogen) atoms. The summed E-state index contributed by atoms with van der Waals surface area (Å²) >= 11 is 0. The summed E-state index contributed by atoms with van der Waals surface area (Å²) in [5.74, 6) is 0. The Morgan fingerprint density at radius 2 is 2.28 bits per heavy atom. The molecule has 1 aliphatic rings. The van der Waals surface area contributed by atoms with Crippen LogP contribution in [-0.2, 0) is 25.3 Å². The lowest BCUT2D eigenvalue weighted by molar-refractivity contribution is 0.533. The molecule has 4 nitrogen and oxygen atoms in total. The van der Waals surface area contributed by atoms with Gasteiger partial charge in [-0.2, -0.15) is 5.26 Å². The average molecular weight is 238 g/mol. The van der Waals surface area contributed by atoms with Gasteiger partial charge in [0, 0.05) is 19.7 Å². The Hall–Kier alpha value is -2.15. The van der Waals surface area contributed by atoms with Crippen molar-refractivity contribution in [1.82, 2.24) is 15.0 Å². The fourth-order valence-electron chi connectivity index (χ4n) is 2.81. The summed E-state index contributed by atoms with van der Waals surface area (Å²) in [5, 5.41) is 17.7. The number of hydrogen-bond acceptors (Lipinski definition) is 3. The van der Waals surface area contributed by atoms with Gasteiger partial charge in [-0.25, -0.2) is 0 Å². The highest BCUT2D eigenvalue weighted by Gasteiger charge is 2.39. The van der Waals surface area contributed by atoms with E-state index in [1.54, 1.807) is 4.68 Å². The summed E-state index contributed by atoms with van der Waals surface area (Å²) in [4.78, 5) is 0. The van der Waals surface area contributed by atoms with Gasteiger partial charge in [0.15, 0.2) is 0 Å². The largest absolute Gasteiger partial charge is 0.255 e. The molecule has 0 fully saturated rings. The highest BCUT2D eigenvalue weighted by atomic mass is 15.4. The molecule has 90 valence electrons. The number of benzene rings is 1. The molecule has 3 rings (SSSR count). The number of aromatic nitrogens is 3. The SMILES string of the molecule is Cn1cc(CC2(C#N)CCc3ccccc32)nn1. The van der Waals surface area contributed by atoms with Crippen LogP contribution in [0.3, 0.4) is 0 Å². The van der Waals surface area contributed by atoms with Gasteiger partial charge >= 0.3 is 0 Å². The molecule has 0 aliphatic heterocycles. The molecule has 2 aromatic rings. The number of nitriles is 1. The maximum atomic E-state index is 9.63. The lowest BCUT2D eigenvalue weighted by atomic mass is 9.79. The summed E-state index contributed by atoms with van der Waals surface area (Å²) < 4.78 is 1.68. The maximum absolute atomic E-state index is 9.63. The van der Waals surface area contributed by atoms with Crippen molar-refractivity contribution in [2.75, 3.05) is 0 Å². The van der Waals surface area contributed by atoms with E-state index in [-0.39, 0.29) is 0 Å². The van der Waals surface area contributed by atoms with Crippen molar-refractivity contribution >= 4 is 0 Å². The molecule has 0 saturated heterocycles. The van der Waals surface area contributed by atoms with Crippen LogP contribution in [0.4, 0.5) is 0 Å². The van der Waals surface area contributed by atoms with E-state index >= 15 is 0 Å². The third-order valence-corrected chi connectivity index (χ3v) is 3.70. The highest BCUT2D eigenvalue weighted by Crippen LogP contribution is 2.40. The van der Waals surface area contributed by atoms with Gasteiger partial charge in [-0.1, -0.05) is 29.5 Å². The molecule has 0 radical (unpaired) electrons. The minimum Gasteiger partial charge on any atom is -0.255 e. The number of aryl methyl sites for hydroxylation is 2. The van der Waals surface area contributed by atoms with Crippen LogP contribution in [0.1, 0.15) is 23.2 Å². The third kappa shape index (κ3) is 1.60. The zero-order valence-electron chi connectivity index (χ0n) is 10.3. The molecule has 4 heteroatoms. The third-order valence-electron chi connectivity index (χ3n) is 3.70. The normalized spacial score (nSPS) is 21.6. The van der Waals surface area contributed by atoms with Gasteiger partial charge in [-0.05, 0) is 24.0 Å². The fraction of sp³-hybridized carbons (Fsp3) is 0.357. The minimum absolute atomic E-state index is 0.424. The van der Waals surface area contributed by atoms with Crippen molar-refractivity contribution in [3.05, 3.63) is 47.3 Å². The molecule has 1 aromatic carbocycles. The van der Waals surface area contributed by atoms with E-state index in [1.165, 1.54) is 5.56 Å². The summed E-state index contributed by atoms with van der Waals surface area (Å²) in [6, 6.07) is 10.7. The highest BCUT2D eigenvalue weighted by molar-refractivity contribution is 5.45. The van der Waals surface area contributed by atoms with Crippen LogP contribution < -0.4 is 0 Å². The van der Waals surface area contributed by atoms with Crippen LogP contribution in [0.5, 0.6) is 0 Å². The first kappa shape index (κ1) is 11.0. The van der Waals surface area contributed by atoms with Crippen LogP contribution in [0.2, 0.25) is 0 Å². The second-order valence-corrected chi connectivity index (χ2v) is 4.91. The van der Waals surface area contributed by atoms with Crippen LogP contribution in [-0.4, -0.2) is 15.0 Å². The van der Waals surface area contributed by atoms with Crippen LogP contribution in [0.25, 0.3) is 0 Å². The Bertz CT molecular complexity index is 623. The Morgan fingerprint density at radius 1 is 1.44 bits per heavy atom. The number of nitrogens with zero attached hydrogens (tertiary/aromatic N) is 4. The summed E-state index contributed by atoms with van der Waals surface area (Å²) in [6.45, 7) is 0. The van der Waals surface area contributed by atoms with E-state index in [4.69, 9.17) is 0 Å². The van der Waals surface area contributed by atoms with Crippen molar-refractivity contribution in [3.8, 4) is 6.07 Å². The smallest absolute Gasteiger partial charge is 0.0884 e. The predicted octanol–water partition coefficient (Wildman–Crippen LogP) is 1.77. The molecule has 1 aromatic heterocycles. The molecule has 0 spiro atoms. The monoisotopic (exact) mass is 238 g/mol. The number of rotatable bonds is 2. The van der Waals surface area contributed by atoms with Crippen molar-refractivity contribution in [3.63, 3.8) is 0 Å². The zero-order chi connectivity index (χ0) is 12.6. The van der Waals surface area contributed by atoms with E-state index in [0.717, 1.165) is 24.1 Å². The lowest BCUT2D eigenvalue weighted by Crippen LogP contribution is -2.24. The van der Waals surface area contributed by atoms with Gasteiger partial charge in [0.25, 0.3) is 0 Å². The summed E-state index contributed by atoms with van der Waals surface area (Å²) in [5.41, 5.74) is 2.92. The topological polar surface area (TPSA) is 54.5 Å². The molecule has 0 amide bonds. The minimum atomic E-state index is -0.424. The molecule has 1 atom stereocenters. The van der Waals surface area contributed by atoms with E-state index < -0.39 is 5.41 Å². The van der Waals surface area contributed by atoms with Gasteiger partial charge in [0.2, 0.25) is 0 Å². The van der Waals surface area contributed by atoms with Gasteiger partial charge < -0.3 is 0 Å². The van der Waals surface area contributed by atoms with Gasteiger partial charge in [-0.15, -0.1) is 5.10 Å². The average Bonchev–Trinajstić information content (AvgIpc) is 2.96. The summed E-state index contributed by atoms with van der Waals surface area (Å²) in [6.07, 6.45) is 4.39. The quantitative estimate of drug-likeness (QED) is 0.801. The molecule has 0 bridgehead atoms. The van der Waals surface area contributed by atoms with Crippen molar-refractivity contribution < 1.29 is 0 Å². The van der Waals surface area contributed by atoms with E-state index in [9.17, 15) is 5.26 Å². The number of fused-ring (bicyclic) bond motifs is 1. The zero-order valence-corrected chi connectivity index (χ0v) is 10.3. The van der Waals surface area contributed by atoms with E-state index in [0.29, 0.717) is 6.42 Å². The molecule has 1 aliphatic carbocycles. The first-order valence-corrected chi connectivity index (χ1v) is 6.08. The van der Waals surface area contributed by atoms with Gasteiger partial charge in [-0.3, -0.25) is 4.68 Å². The molecule has 1 heterocycles. The molecular weight excluding hydrogens is 224 g/mol. The van der Waals surface area contributed by atoms with Gasteiger partial charge in [0.1, 0.15) is 0 Å². The second kappa shape index (κ2) is 3.95. The van der Waals surface area contributed by atoms with Crippen molar-refractivity contribution in [2.24, 2.45) is 7.05 Å². The Morgan fingerprint density at radius 3 is 3.00 bits per heavy atom. The predicted molar refractivity (Wildman–Crippen MR) is 66.8 cm³/mol. The van der Waals surface area contributed by atoms with E-state index in [1.807, 2.05) is 25.4 Å². The van der Waals surface area contributed by atoms with Crippen LogP contribution in [0, 0.1) is 11.3 Å². The van der Waals surface area contributed by atoms with E-state index in [2.05, 4.69) is 28.5 Å². The molecule has 0 N–H and O–H groups in total. The molecular formula is C14H14N4. The standard InChI is InChI=1S/C14H14N4/c1-18-9-12(16-17-18)8-14(10-15)7-6-11-4-2-3-5-13(11)14/h2-5,9H,6-8H2,1H3. The molecule has 0 saturated carbocycles.